The minimum atomic E-state index is -1.17. The van der Waals surface area contributed by atoms with Crippen molar-refractivity contribution in [3.8, 4) is 5.75 Å². The number of urea groups is 1. The number of carboxylic acids is 1. The summed E-state index contributed by atoms with van der Waals surface area (Å²) in [7, 11) is 1.41. The Morgan fingerprint density at radius 1 is 1.30 bits per heavy atom. The van der Waals surface area contributed by atoms with E-state index in [0.29, 0.717) is 11.3 Å². The number of methoxy groups -OCH3 is 1. The van der Waals surface area contributed by atoms with E-state index in [-0.39, 0.29) is 24.8 Å². The van der Waals surface area contributed by atoms with Gasteiger partial charge in [-0.2, -0.15) is 0 Å². The third-order valence-corrected chi connectivity index (χ3v) is 4.63. The lowest BCUT2D eigenvalue weighted by molar-refractivity contribution is -0.142. The summed E-state index contributed by atoms with van der Waals surface area (Å²) in [5.41, 5.74) is 0.320. The molecule has 0 saturated heterocycles. The van der Waals surface area contributed by atoms with Crippen molar-refractivity contribution in [2.75, 3.05) is 26.9 Å². The number of hydrogen-bond donors (Lipinski definition) is 3. The molecule has 0 bridgehead atoms. The van der Waals surface area contributed by atoms with E-state index in [1.54, 1.807) is 13.8 Å². The molecule has 1 unspecified atom stereocenters. The van der Waals surface area contributed by atoms with Crippen LogP contribution in [0, 0.1) is 5.82 Å². The van der Waals surface area contributed by atoms with Crippen molar-refractivity contribution in [1.82, 2.24) is 9.80 Å². The molecule has 0 fully saturated rings. The predicted molar refractivity (Wildman–Crippen MR) is 113 cm³/mol. The Balaban J connectivity index is 3.34. The molecule has 30 heavy (non-hydrogen) atoms. The Hall–Kier alpha value is -2.30. The minimum Gasteiger partial charge on any atom is -0.496 e. The number of aliphatic carboxylic acids is 1. The average molecular weight is 445 g/mol. The number of amides is 2. The van der Waals surface area contributed by atoms with Gasteiger partial charge in [-0.25, -0.2) is 14.0 Å². The number of carbonyl (C=O) groups excluding carboxylic acids is 1. The first-order valence-corrected chi connectivity index (χ1v) is 9.76. The zero-order chi connectivity index (χ0) is 23.0. The molecule has 2 amide bonds. The number of thiol groups is 1. The fraction of sp³-hybridized carbons (Fsp3) is 0.500. The Morgan fingerprint density at radius 2 is 1.93 bits per heavy atom. The number of rotatable bonds is 11. The predicted octanol–water partition coefficient (Wildman–Crippen LogP) is 2.89. The Kier molecular flexibility index (Phi) is 10.1. The van der Waals surface area contributed by atoms with Crippen LogP contribution in [0.2, 0.25) is 0 Å². The van der Waals surface area contributed by atoms with Gasteiger partial charge in [0.1, 0.15) is 23.7 Å². The standard InChI is InChI=1S/C20H29FN2O6S/c1-12(2)23(13(3)19(25)26)20(27)22(14(4)30)11-18(29-9-8-24)16-10-15(21)6-7-17(16)28-5/h6-7,10,12-13,18,24,30H,4,8-9,11H2,1-3,5H3,(H,25,26)/t13?,18-/m0/s1. The van der Waals surface area contributed by atoms with E-state index in [1.165, 1.54) is 37.1 Å². The molecule has 0 spiro atoms. The molecular weight excluding hydrogens is 415 g/mol. The number of nitrogens with zero attached hydrogens (tertiary/aromatic N) is 2. The van der Waals surface area contributed by atoms with E-state index < -0.39 is 36.0 Å². The molecule has 0 aliphatic rings. The second-order valence-electron chi connectivity index (χ2n) is 6.79. The number of benzene rings is 1. The van der Waals surface area contributed by atoms with E-state index in [1.807, 2.05) is 0 Å². The van der Waals surface area contributed by atoms with Crippen molar-refractivity contribution in [1.29, 1.82) is 0 Å². The second-order valence-corrected chi connectivity index (χ2v) is 7.31. The topological polar surface area (TPSA) is 99.5 Å². The summed E-state index contributed by atoms with van der Waals surface area (Å²) in [5, 5.41) is 18.6. The van der Waals surface area contributed by atoms with Gasteiger partial charge in [-0.1, -0.05) is 6.58 Å². The number of aliphatic hydroxyl groups excluding tert-OH is 1. The monoisotopic (exact) mass is 444 g/mol. The van der Waals surface area contributed by atoms with E-state index in [4.69, 9.17) is 9.47 Å². The maximum absolute atomic E-state index is 13.9. The highest BCUT2D eigenvalue weighted by Gasteiger charge is 2.34. The van der Waals surface area contributed by atoms with Crippen LogP contribution in [0.25, 0.3) is 0 Å². The first-order valence-electron chi connectivity index (χ1n) is 9.31. The van der Waals surface area contributed by atoms with E-state index in [9.17, 15) is 24.2 Å². The van der Waals surface area contributed by atoms with Crippen LogP contribution in [0.15, 0.2) is 29.8 Å². The van der Waals surface area contributed by atoms with Crippen LogP contribution < -0.4 is 4.74 Å². The zero-order valence-electron chi connectivity index (χ0n) is 17.5. The first kappa shape index (κ1) is 25.7. The van der Waals surface area contributed by atoms with E-state index in [2.05, 4.69) is 19.2 Å². The van der Waals surface area contributed by atoms with Crippen LogP contribution in [-0.4, -0.2) is 71.0 Å². The van der Waals surface area contributed by atoms with Crippen LogP contribution in [0.4, 0.5) is 9.18 Å². The van der Waals surface area contributed by atoms with Crippen molar-refractivity contribution in [2.24, 2.45) is 0 Å². The lowest BCUT2D eigenvalue weighted by Crippen LogP contribution is -2.53. The number of ether oxygens (including phenoxy) is 2. The molecule has 168 valence electrons. The van der Waals surface area contributed by atoms with Gasteiger partial charge in [0, 0.05) is 11.6 Å². The Labute approximate surface area is 181 Å². The number of carboxylic acid groups (broad SMARTS) is 1. The molecule has 8 nitrogen and oxygen atoms in total. The van der Waals surface area contributed by atoms with Gasteiger partial charge in [0.05, 0.1) is 31.9 Å². The molecule has 1 aromatic carbocycles. The first-order chi connectivity index (χ1) is 14.0. The van der Waals surface area contributed by atoms with Crippen LogP contribution in [0.3, 0.4) is 0 Å². The van der Waals surface area contributed by atoms with Crippen molar-refractivity contribution in [3.05, 3.63) is 41.2 Å². The number of hydrogen-bond acceptors (Lipinski definition) is 6. The maximum Gasteiger partial charge on any atom is 0.326 e. The zero-order valence-corrected chi connectivity index (χ0v) is 18.4. The molecule has 0 radical (unpaired) electrons. The molecule has 2 atom stereocenters. The summed E-state index contributed by atoms with van der Waals surface area (Å²) in [4.78, 5) is 27.0. The van der Waals surface area contributed by atoms with Crippen LogP contribution in [0.5, 0.6) is 5.75 Å². The molecule has 10 heteroatoms. The fourth-order valence-corrected chi connectivity index (χ4v) is 3.11. The van der Waals surface area contributed by atoms with Gasteiger partial charge < -0.3 is 24.6 Å². The highest BCUT2D eigenvalue weighted by molar-refractivity contribution is 7.84. The van der Waals surface area contributed by atoms with Crippen molar-refractivity contribution < 1.29 is 33.7 Å². The fourth-order valence-electron chi connectivity index (χ4n) is 2.94. The van der Waals surface area contributed by atoms with Crippen LogP contribution in [0.1, 0.15) is 32.4 Å². The highest BCUT2D eigenvalue weighted by atomic mass is 32.1. The van der Waals surface area contributed by atoms with Gasteiger partial charge in [0.25, 0.3) is 0 Å². The lowest BCUT2D eigenvalue weighted by atomic mass is 10.1. The summed E-state index contributed by atoms with van der Waals surface area (Å²) in [5.74, 6) is -1.37. The van der Waals surface area contributed by atoms with E-state index in [0.717, 1.165) is 4.90 Å². The Bertz CT molecular complexity index is 761. The van der Waals surface area contributed by atoms with Crippen LogP contribution >= 0.6 is 12.6 Å². The molecule has 0 aliphatic carbocycles. The normalized spacial score (nSPS) is 12.9. The van der Waals surface area contributed by atoms with Gasteiger partial charge in [-0.15, -0.1) is 12.6 Å². The third-order valence-electron chi connectivity index (χ3n) is 4.39. The largest absolute Gasteiger partial charge is 0.496 e. The highest BCUT2D eigenvalue weighted by Crippen LogP contribution is 2.31. The quantitative estimate of drug-likeness (QED) is 0.454. The lowest BCUT2D eigenvalue weighted by Gasteiger charge is -2.37. The van der Waals surface area contributed by atoms with Crippen molar-refractivity contribution in [2.45, 2.75) is 39.0 Å². The molecule has 1 rings (SSSR count). The van der Waals surface area contributed by atoms with Gasteiger partial charge in [-0.3, -0.25) is 4.90 Å². The maximum atomic E-state index is 13.9. The molecule has 0 aromatic heterocycles. The van der Waals surface area contributed by atoms with Crippen LogP contribution in [-0.2, 0) is 9.53 Å². The molecule has 0 aliphatic heterocycles. The van der Waals surface area contributed by atoms with Gasteiger partial charge in [0.2, 0.25) is 0 Å². The Morgan fingerprint density at radius 3 is 2.40 bits per heavy atom. The molecule has 0 heterocycles. The minimum absolute atomic E-state index is 0.0520. The van der Waals surface area contributed by atoms with Crippen molar-refractivity contribution >= 4 is 24.6 Å². The SMILES string of the molecule is C=C(S)N(C[C@H](OCCO)c1cc(F)ccc1OC)C(=O)N(C(C)C)C(C)C(=O)O. The number of halogens is 1. The molecule has 2 N–H and O–H groups in total. The summed E-state index contributed by atoms with van der Waals surface area (Å²) in [6.45, 7) is 7.94. The summed E-state index contributed by atoms with van der Waals surface area (Å²) in [6.07, 6.45) is -0.898. The number of aliphatic hydroxyl groups is 1. The summed E-state index contributed by atoms with van der Waals surface area (Å²) < 4.78 is 24.8. The second kappa shape index (κ2) is 11.8. The van der Waals surface area contributed by atoms with Gasteiger partial charge in [-0.05, 0) is 39.0 Å². The molecular formula is C20H29FN2O6S. The van der Waals surface area contributed by atoms with Crippen molar-refractivity contribution in [3.63, 3.8) is 0 Å². The van der Waals surface area contributed by atoms with Gasteiger partial charge in [0.15, 0.2) is 0 Å². The third kappa shape index (κ3) is 6.61. The molecule has 1 aromatic rings. The number of carbonyl (C=O) groups is 2. The molecule has 0 saturated carbocycles. The van der Waals surface area contributed by atoms with Gasteiger partial charge >= 0.3 is 12.0 Å². The summed E-state index contributed by atoms with van der Waals surface area (Å²) in [6, 6.07) is 1.68. The smallest absolute Gasteiger partial charge is 0.326 e. The summed E-state index contributed by atoms with van der Waals surface area (Å²) >= 11 is 4.19. The average Bonchev–Trinajstić information content (AvgIpc) is 2.67. The van der Waals surface area contributed by atoms with E-state index >= 15 is 0 Å².